The van der Waals surface area contributed by atoms with Crippen LogP contribution in [0.3, 0.4) is 0 Å². The molecule has 0 amide bonds. The summed E-state index contributed by atoms with van der Waals surface area (Å²) in [6.07, 6.45) is 0. The van der Waals surface area contributed by atoms with E-state index in [9.17, 15) is 43.9 Å². The number of alkyl halides is 2. The van der Waals surface area contributed by atoms with Crippen molar-refractivity contribution >= 4 is 21.6 Å². The first-order valence-electron chi connectivity index (χ1n) is 6.32. The molecule has 2 atom stereocenters. The fraction of sp³-hybridized carbons (Fsp3) is 0.143. The van der Waals surface area contributed by atoms with Gasteiger partial charge in [0, 0.05) is 11.1 Å². The molecule has 0 spiro atoms. The second-order valence-electron chi connectivity index (χ2n) is 4.60. The molecule has 0 N–H and O–H groups in total. The van der Waals surface area contributed by atoms with E-state index in [1.807, 2.05) is 0 Å². The zero-order chi connectivity index (χ0) is 19.8. The van der Waals surface area contributed by atoms with E-state index in [1.165, 1.54) is 0 Å². The molecular formula is C14H4F10S2. The highest BCUT2D eigenvalue weighted by atomic mass is 33.1. The molecule has 2 unspecified atom stereocenters. The molecule has 0 radical (unpaired) electrons. The van der Waals surface area contributed by atoms with Gasteiger partial charge in [-0.15, -0.1) is 0 Å². The summed E-state index contributed by atoms with van der Waals surface area (Å²) in [6.45, 7) is 0. The third-order valence-corrected chi connectivity index (χ3v) is 5.28. The van der Waals surface area contributed by atoms with Crippen LogP contribution in [0.25, 0.3) is 0 Å². The molecule has 0 nitrogen and oxygen atoms in total. The molecule has 0 aliphatic rings. The number of hydrogen-bond acceptors (Lipinski definition) is 2. The standard InChI is InChI=1S/C14H4F10S2/c15-5-1-3(7(17)11(21)9(5)19)13(23)25-26-14(24)4-2-6(16)10(20)12(22)8(4)18/h1-2,13-14H. The van der Waals surface area contributed by atoms with E-state index in [-0.39, 0.29) is 33.7 Å². The Morgan fingerprint density at radius 3 is 1.12 bits per heavy atom. The highest BCUT2D eigenvalue weighted by Gasteiger charge is 2.28. The molecular weight excluding hydrogens is 422 g/mol. The van der Waals surface area contributed by atoms with Crippen molar-refractivity contribution in [3.63, 3.8) is 0 Å². The Morgan fingerprint density at radius 2 is 0.808 bits per heavy atom. The van der Waals surface area contributed by atoms with Crippen LogP contribution in [0, 0.1) is 46.5 Å². The van der Waals surface area contributed by atoms with Crippen LogP contribution in [0.5, 0.6) is 0 Å². The van der Waals surface area contributed by atoms with Gasteiger partial charge in [0.05, 0.1) is 0 Å². The monoisotopic (exact) mass is 426 g/mol. The highest BCUT2D eigenvalue weighted by molar-refractivity contribution is 8.76. The molecule has 12 heteroatoms. The van der Waals surface area contributed by atoms with Gasteiger partial charge in [-0.05, 0) is 33.7 Å². The Bertz CT molecular complexity index is 772. The molecule has 26 heavy (non-hydrogen) atoms. The lowest BCUT2D eigenvalue weighted by molar-refractivity contribution is 0.383. The average molecular weight is 426 g/mol. The molecule has 0 heterocycles. The van der Waals surface area contributed by atoms with Crippen LogP contribution in [0.2, 0.25) is 0 Å². The van der Waals surface area contributed by atoms with E-state index >= 15 is 0 Å². The van der Waals surface area contributed by atoms with Crippen molar-refractivity contribution in [2.24, 2.45) is 0 Å². The first-order chi connectivity index (χ1) is 12.1. The van der Waals surface area contributed by atoms with Crippen LogP contribution in [0.1, 0.15) is 22.1 Å². The van der Waals surface area contributed by atoms with Gasteiger partial charge in [-0.2, -0.15) is 0 Å². The van der Waals surface area contributed by atoms with E-state index < -0.39 is 68.7 Å². The number of benzene rings is 2. The maximum atomic E-state index is 13.9. The summed E-state index contributed by atoms with van der Waals surface area (Å²) >= 11 is 0. The summed E-state index contributed by atoms with van der Waals surface area (Å²) in [5.41, 5.74) is -7.91. The van der Waals surface area contributed by atoms with Crippen LogP contribution in [0.4, 0.5) is 43.9 Å². The topological polar surface area (TPSA) is 0 Å². The van der Waals surface area contributed by atoms with Crippen molar-refractivity contribution in [1.82, 2.24) is 0 Å². The summed E-state index contributed by atoms with van der Waals surface area (Å²) in [5.74, 6) is -16.9. The second-order valence-corrected chi connectivity index (χ2v) is 6.97. The summed E-state index contributed by atoms with van der Waals surface area (Å²) in [5, 5.41) is 0. The maximum absolute atomic E-state index is 13.9. The first kappa shape index (κ1) is 20.7. The van der Waals surface area contributed by atoms with Gasteiger partial charge in [0.25, 0.3) is 0 Å². The van der Waals surface area contributed by atoms with Gasteiger partial charge in [-0.1, -0.05) is 0 Å². The summed E-state index contributed by atoms with van der Waals surface area (Å²) in [7, 11) is -0.463. The van der Waals surface area contributed by atoms with E-state index in [1.54, 1.807) is 0 Å². The minimum Gasteiger partial charge on any atom is -0.229 e. The van der Waals surface area contributed by atoms with Crippen molar-refractivity contribution in [3.05, 3.63) is 69.8 Å². The lowest BCUT2D eigenvalue weighted by Crippen LogP contribution is -2.03. The van der Waals surface area contributed by atoms with Crippen molar-refractivity contribution in [3.8, 4) is 0 Å². The van der Waals surface area contributed by atoms with Crippen LogP contribution in [0.15, 0.2) is 12.1 Å². The number of rotatable bonds is 5. The van der Waals surface area contributed by atoms with Crippen LogP contribution >= 0.6 is 21.6 Å². The van der Waals surface area contributed by atoms with Crippen molar-refractivity contribution in [1.29, 1.82) is 0 Å². The average Bonchev–Trinajstić information content (AvgIpc) is 2.61. The Hall–Kier alpha value is -1.56. The van der Waals surface area contributed by atoms with Crippen molar-refractivity contribution in [2.45, 2.75) is 11.0 Å². The number of halogens is 10. The quantitative estimate of drug-likeness (QED) is 0.223. The first-order valence-corrected chi connectivity index (χ1v) is 8.59. The predicted octanol–water partition coefficient (Wildman–Crippen LogP) is 6.82. The zero-order valence-corrected chi connectivity index (χ0v) is 13.5. The lowest BCUT2D eigenvalue weighted by Gasteiger charge is -2.13. The van der Waals surface area contributed by atoms with E-state index in [0.29, 0.717) is 0 Å². The Balaban J connectivity index is 2.19. The Labute approximate surface area is 147 Å². The second kappa shape index (κ2) is 7.99. The van der Waals surface area contributed by atoms with Crippen molar-refractivity contribution in [2.75, 3.05) is 0 Å². The predicted molar refractivity (Wildman–Crippen MR) is 75.4 cm³/mol. The minimum absolute atomic E-state index is 0.00295. The lowest BCUT2D eigenvalue weighted by atomic mass is 10.2. The van der Waals surface area contributed by atoms with Gasteiger partial charge in [0.2, 0.25) is 0 Å². The molecule has 0 fully saturated rings. The van der Waals surface area contributed by atoms with Gasteiger partial charge < -0.3 is 0 Å². The zero-order valence-electron chi connectivity index (χ0n) is 11.9. The maximum Gasteiger partial charge on any atom is 0.197 e. The molecule has 2 aromatic rings. The number of hydrogen-bond donors (Lipinski definition) is 0. The Morgan fingerprint density at radius 1 is 0.500 bits per heavy atom. The molecule has 2 aromatic carbocycles. The molecule has 0 aromatic heterocycles. The molecule has 0 saturated carbocycles. The van der Waals surface area contributed by atoms with E-state index in [0.717, 1.165) is 0 Å². The molecule has 0 aliphatic carbocycles. The van der Waals surface area contributed by atoms with Gasteiger partial charge in [-0.3, -0.25) is 0 Å². The van der Waals surface area contributed by atoms with Crippen LogP contribution in [-0.2, 0) is 0 Å². The third kappa shape index (κ3) is 3.90. The van der Waals surface area contributed by atoms with Crippen LogP contribution in [-0.4, -0.2) is 0 Å². The van der Waals surface area contributed by atoms with Gasteiger partial charge in [-0.25, -0.2) is 43.9 Å². The van der Waals surface area contributed by atoms with Gasteiger partial charge in [0.1, 0.15) is 0 Å². The molecule has 0 saturated heterocycles. The summed E-state index contributed by atoms with van der Waals surface area (Å²) in [6, 6.07) is -0.00590. The van der Waals surface area contributed by atoms with E-state index in [4.69, 9.17) is 0 Å². The third-order valence-electron chi connectivity index (χ3n) is 2.98. The smallest absolute Gasteiger partial charge is 0.197 e. The molecule has 0 aliphatic heterocycles. The fourth-order valence-corrected chi connectivity index (χ4v) is 3.67. The Kier molecular flexibility index (Phi) is 6.37. The molecule has 2 rings (SSSR count). The van der Waals surface area contributed by atoms with Crippen molar-refractivity contribution < 1.29 is 43.9 Å². The molecule has 142 valence electrons. The van der Waals surface area contributed by atoms with Gasteiger partial charge in [0.15, 0.2) is 57.5 Å². The minimum atomic E-state index is -2.65. The summed E-state index contributed by atoms with van der Waals surface area (Å²) < 4.78 is 132. The van der Waals surface area contributed by atoms with Crippen LogP contribution < -0.4 is 0 Å². The van der Waals surface area contributed by atoms with E-state index in [2.05, 4.69) is 0 Å². The SMILES string of the molecule is Fc1cc(C(F)SSC(F)c2cc(F)c(F)c(F)c2F)c(F)c(F)c1F. The summed E-state index contributed by atoms with van der Waals surface area (Å²) in [4.78, 5) is 0. The van der Waals surface area contributed by atoms with Gasteiger partial charge >= 0.3 is 0 Å². The normalized spacial score (nSPS) is 13.8. The highest BCUT2D eigenvalue weighted by Crippen LogP contribution is 2.49. The fourth-order valence-electron chi connectivity index (χ4n) is 1.71. The largest absolute Gasteiger partial charge is 0.229 e. The molecule has 0 bridgehead atoms.